The topological polar surface area (TPSA) is 80.6 Å². The van der Waals surface area contributed by atoms with Crippen LogP contribution in [0.4, 0.5) is 11.4 Å². The number of pyridine rings is 1. The fourth-order valence-corrected chi connectivity index (χ4v) is 3.84. The molecule has 0 atom stereocenters. The van der Waals surface area contributed by atoms with Crippen LogP contribution in [-0.2, 0) is 11.8 Å². The molecule has 1 aliphatic rings. The predicted octanol–water partition coefficient (Wildman–Crippen LogP) is 3.32. The minimum Gasteiger partial charge on any atom is -0.495 e. The average molecular weight is 405 g/mol. The Balaban J connectivity index is 1.70. The highest BCUT2D eigenvalue weighted by molar-refractivity contribution is 6.12. The van der Waals surface area contributed by atoms with Crippen molar-refractivity contribution in [1.29, 1.82) is 0 Å². The zero-order valence-electron chi connectivity index (χ0n) is 17.0. The lowest BCUT2D eigenvalue weighted by atomic mass is 10.1. The zero-order chi connectivity index (χ0) is 21.3. The number of aromatic nitrogens is 1. The molecule has 30 heavy (non-hydrogen) atoms. The van der Waals surface area contributed by atoms with Crippen molar-refractivity contribution in [2.75, 3.05) is 23.9 Å². The van der Waals surface area contributed by atoms with Gasteiger partial charge in [0, 0.05) is 37.2 Å². The molecule has 7 heteroatoms. The minimum absolute atomic E-state index is 0.0422. The van der Waals surface area contributed by atoms with Gasteiger partial charge >= 0.3 is 0 Å². The molecule has 3 aromatic rings. The third kappa shape index (κ3) is 3.54. The largest absolute Gasteiger partial charge is 0.495 e. The highest BCUT2D eigenvalue weighted by atomic mass is 16.5. The summed E-state index contributed by atoms with van der Waals surface area (Å²) in [5.74, 6) is 0.229. The van der Waals surface area contributed by atoms with Crippen LogP contribution < -0.4 is 20.5 Å². The number of fused-ring (bicyclic) bond motifs is 1. The minimum atomic E-state index is -0.384. The van der Waals surface area contributed by atoms with E-state index in [2.05, 4.69) is 5.32 Å². The number of benzene rings is 2. The molecule has 4 rings (SSSR count). The molecule has 1 aromatic heterocycles. The lowest BCUT2D eigenvalue weighted by molar-refractivity contribution is -0.119. The number of nitrogens with one attached hydrogen (secondary N) is 1. The summed E-state index contributed by atoms with van der Waals surface area (Å²) in [7, 11) is 3.23. The number of carbonyl (C=O) groups excluding carboxylic acids is 2. The summed E-state index contributed by atoms with van der Waals surface area (Å²) in [6.45, 7) is 0.617. The predicted molar refractivity (Wildman–Crippen MR) is 116 cm³/mol. The van der Waals surface area contributed by atoms with Crippen LogP contribution >= 0.6 is 0 Å². The number of methoxy groups -OCH3 is 1. The molecule has 1 aliphatic heterocycles. The zero-order valence-corrected chi connectivity index (χ0v) is 17.0. The number of hydrogen-bond donors (Lipinski definition) is 1. The maximum Gasteiger partial charge on any atom is 0.256 e. The van der Waals surface area contributed by atoms with Gasteiger partial charge in [-0.15, -0.1) is 0 Å². The highest BCUT2D eigenvalue weighted by Gasteiger charge is 2.23. The molecular weight excluding hydrogens is 382 g/mol. The van der Waals surface area contributed by atoms with Crippen LogP contribution in [0.25, 0.3) is 10.9 Å². The van der Waals surface area contributed by atoms with Gasteiger partial charge in [-0.25, -0.2) is 0 Å². The molecule has 154 valence electrons. The number of carbonyl (C=O) groups is 2. The molecule has 0 aliphatic carbocycles. The Hall–Kier alpha value is -3.61. The molecule has 1 saturated heterocycles. The first-order valence-electron chi connectivity index (χ1n) is 9.88. The van der Waals surface area contributed by atoms with Gasteiger partial charge in [-0.2, -0.15) is 0 Å². The Kier molecular flexibility index (Phi) is 5.27. The van der Waals surface area contributed by atoms with Gasteiger partial charge in [0.25, 0.3) is 11.5 Å². The highest BCUT2D eigenvalue weighted by Crippen LogP contribution is 2.34. The summed E-state index contributed by atoms with van der Waals surface area (Å²) in [6.07, 6.45) is 2.30. The van der Waals surface area contributed by atoms with E-state index in [1.807, 2.05) is 18.2 Å². The van der Waals surface area contributed by atoms with Crippen molar-refractivity contribution in [3.05, 3.63) is 64.4 Å². The van der Waals surface area contributed by atoms with Gasteiger partial charge in [0.15, 0.2) is 0 Å². The van der Waals surface area contributed by atoms with Crippen molar-refractivity contribution in [2.24, 2.45) is 7.05 Å². The molecule has 7 nitrogen and oxygen atoms in total. The molecule has 1 N–H and O–H groups in total. The number of piperidine rings is 1. The van der Waals surface area contributed by atoms with Crippen LogP contribution in [0.5, 0.6) is 5.75 Å². The van der Waals surface area contributed by atoms with E-state index in [-0.39, 0.29) is 17.4 Å². The van der Waals surface area contributed by atoms with Gasteiger partial charge in [0.2, 0.25) is 5.91 Å². The number of ether oxygens (including phenoxy) is 1. The van der Waals surface area contributed by atoms with Gasteiger partial charge in [-0.3, -0.25) is 14.4 Å². The van der Waals surface area contributed by atoms with E-state index in [1.165, 1.54) is 10.6 Å². The SMILES string of the molecule is COc1ccc(NC(=O)c2cc(=O)n(C)c3ccccc23)cc1N1CCCCC1=O. The number of rotatable bonds is 4. The number of aryl methyl sites for hydroxylation is 1. The number of amides is 2. The van der Waals surface area contributed by atoms with E-state index in [9.17, 15) is 14.4 Å². The Labute approximate surface area is 173 Å². The lowest BCUT2D eigenvalue weighted by Gasteiger charge is -2.28. The summed E-state index contributed by atoms with van der Waals surface area (Å²) < 4.78 is 6.94. The van der Waals surface area contributed by atoms with Crippen molar-refractivity contribution in [3.63, 3.8) is 0 Å². The number of hydrogen-bond acceptors (Lipinski definition) is 4. The van der Waals surface area contributed by atoms with E-state index in [1.54, 1.807) is 43.3 Å². The average Bonchev–Trinajstić information content (AvgIpc) is 2.76. The van der Waals surface area contributed by atoms with E-state index in [4.69, 9.17) is 4.74 Å². The standard InChI is InChI=1S/C23H23N3O4/c1-25-18-8-4-3-7-16(18)17(14-22(25)28)23(29)24-15-10-11-20(30-2)19(13-15)26-12-6-5-9-21(26)27/h3-4,7-8,10-11,13-14H,5-6,9,12H2,1-2H3,(H,24,29). The van der Waals surface area contributed by atoms with Crippen LogP contribution in [0.2, 0.25) is 0 Å². The third-order valence-corrected chi connectivity index (χ3v) is 5.45. The first kappa shape index (κ1) is 19.7. The molecule has 0 radical (unpaired) electrons. The molecule has 0 bridgehead atoms. The molecular formula is C23H23N3O4. The molecule has 1 fully saturated rings. The first-order valence-corrected chi connectivity index (χ1v) is 9.88. The van der Waals surface area contributed by atoms with Gasteiger partial charge in [-0.05, 0) is 37.1 Å². The van der Waals surface area contributed by atoms with E-state index < -0.39 is 0 Å². The Morgan fingerprint density at radius 1 is 1.07 bits per heavy atom. The fraction of sp³-hybridized carbons (Fsp3) is 0.261. The molecule has 2 aromatic carbocycles. The quantitative estimate of drug-likeness (QED) is 0.722. The van der Waals surface area contributed by atoms with Crippen molar-refractivity contribution in [1.82, 2.24) is 4.57 Å². The molecule has 2 amide bonds. The van der Waals surface area contributed by atoms with E-state index >= 15 is 0 Å². The summed E-state index contributed by atoms with van der Waals surface area (Å²) in [5.41, 5.74) is 1.89. The smallest absolute Gasteiger partial charge is 0.256 e. The van der Waals surface area contributed by atoms with Crippen LogP contribution in [0.3, 0.4) is 0 Å². The summed E-state index contributed by atoms with van der Waals surface area (Å²) in [4.78, 5) is 39.4. The normalized spacial score (nSPS) is 14.1. The molecule has 2 heterocycles. The summed E-state index contributed by atoms with van der Waals surface area (Å²) in [5, 5.41) is 3.55. The second-order valence-corrected chi connectivity index (χ2v) is 7.32. The lowest BCUT2D eigenvalue weighted by Crippen LogP contribution is -2.35. The number of anilines is 2. The van der Waals surface area contributed by atoms with Gasteiger partial charge in [0.1, 0.15) is 5.75 Å². The monoisotopic (exact) mass is 405 g/mol. The van der Waals surface area contributed by atoms with E-state index in [0.29, 0.717) is 46.6 Å². The van der Waals surface area contributed by atoms with Crippen molar-refractivity contribution >= 4 is 34.1 Å². The Morgan fingerprint density at radius 3 is 2.63 bits per heavy atom. The second-order valence-electron chi connectivity index (χ2n) is 7.32. The molecule has 0 unspecified atom stereocenters. The van der Waals surface area contributed by atoms with Crippen LogP contribution in [0.1, 0.15) is 29.6 Å². The number of para-hydroxylation sites is 1. The van der Waals surface area contributed by atoms with Crippen molar-refractivity contribution in [2.45, 2.75) is 19.3 Å². The van der Waals surface area contributed by atoms with Crippen LogP contribution in [0, 0.1) is 0 Å². The molecule has 0 saturated carbocycles. The van der Waals surface area contributed by atoms with Crippen molar-refractivity contribution in [3.8, 4) is 5.75 Å². The molecule has 0 spiro atoms. The van der Waals surface area contributed by atoms with Gasteiger partial charge in [0.05, 0.1) is 23.9 Å². The van der Waals surface area contributed by atoms with Crippen LogP contribution in [0.15, 0.2) is 53.3 Å². The van der Waals surface area contributed by atoms with Gasteiger partial charge in [-0.1, -0.05) is 18.2 Å². The third-order valence-electron chi connectivity index (χ3n) is 5.45. The van der Waals surface area contributed by atoms with E-state index in [0.717, 1.165) is 12.8 Å². The first-order chi connectivity index (χ1) is 14.5. The van der Waals surface area contributed by atoms with Gasteiger partial charge < -0.3 is 19.5 Å². The summed E-state index contributed by atoms with van der Waals surface area (Å²) in [6, 6.07) is 13.8. The summed E-state index contributed by atoms with van der Waals surface area (Å²) >= 11 is 0. The number of nitrogens with zero attached hydrogens (tertiary/aromatic N) is 2. The maximum atomic E-state index is 13.0. The van der Waals surface area contributed by atoms with Crippen LogP contribution in [-0.4, -0.2) is 30.0 Å². The maximum absolute atomic E-state index is 13.0. The second kappa shape index (κ2) is 8.02. The Morgan fingerprint density at radius 2 is 1.87 bits per heavy atom. The fourth-order valence-electron chi connectivity index (χ4n) is 3.84. The Bertz CT molecular complexity index is 1200. The van der Waals surface area contributed by atoms with Crippen molar-refractivity contribution < 1.29 is 14.3 Å².